The molecule has 100 valence electrons. The second kappa shape index (κ2) is 6.09. The Balaban J connectivity index is 1.84. The highest BCUT2D eigenvalue weighted by molar-refractivity contribution is 5.51. The van der Waals surface area contributed by atoms with Gasteiger partial charge in [0, 0.05) is 0 Å². The normalized spacial score (nSPS) is 10.2. The maximum Gasteiger partial charge on any atom is 0.165 e. The number of hydrogen-bond donors (Lipinski definition) is 1. The van der Waals surface area contributed by atoms with Crippen molar-refractivity contribution in [1.82, 2.24) is 0 Å². The van der Waals surface area contributed by atoms with E-state index in [1.54, 1.807) is 24.3 Å². The second-order valence-electron chi connectivity index (χ2n) is 4.17. The third-order valence-corrected chi connectivity index (χ3v) is 2.60. The number of halogens is 1. The van der Waals surface area contributed by atoms with Crippen LogP contribution in [-0.2, 0) is 0 Å². The van der Waals surface area contributed by atoms with Crippen LogP contribution >= 0.6 is 0 Å². The summed E-state index contributed by atoms with van der Waals surface area (Å²) < 4.78 is 24.2. The SMILES string of the molecule is Cc1ccc(F)c(OCCOc2ccccc2N)c1. The lowest BCUT2D eigenvalue weighted by molar-refractivity contribution is 0.212. The molecule has 0 saturated carbocycles. The Kier molecular flexibility index (Phi) is 4.23. The summed E-state index contributed by atoms with van der Waals surface area (Å²) in [7, 11) is 0. The number of nitrogens with two attached hydrogens (primary N) is 1. The fourth-order valence-electron chi connectivity index (χ4n) is 1.64. The van der Waals surface area contributed by atoms with E-state index >= 15 is 0 Å². The van der Waals surface area contributed by atoms with Gasteiger partial charge in [0.2, 0.25) is 0 Å². The summed E-state index contributed by atoms with van der Waals surface area (Å²) in [5.74, 6) is 0.477. The molecule has 3 nitrogen and oxygen atoms in total. The molecule has 0 aliphatic rings. The minimum absolute atomic E-state index is 0.240. The summed E-state index contributed by atoms with van der Waals surface area (Å²) in [6.45, 7) is 2.45. The van der Waals surface area contributed by atoms with Gasteiger partial charge in [-0.15, -0.1) is 0 Å². The highest BCUT2D eigenvalue weighted by atomic mass is 19.1. The molecule has 0 fully saturated rings. The van der Waals surface area contributed by atoms with E-state index in [4.69, 9.17) is 15.2 Å². The summed E-state index contributed by atoms with van der Waals surface area (Å²) in [4.78, 5) is 0. The molecule has 0 heterocycles. The molecule has 0 aliphatic carbocycles. The number of aryl methyl sites for hydroxylation is 1. The predicted octanol–water partition coefficient (Wildman–Crippen LogP) is 3.17. The molecule has 2 aromatic rings. The molecule has 4 heteroatoms. The molecular weight excluding hydrogens is 245 g/mol. The van der Waals surface area contributed by atoms with Crippen molar-refractivity contribution in [1.29, 1.82) is 0 Å². The van der Waals surface area contributed by atoms with Gasteiger partial charge in [-0.05, 0) is 36.8 Å². The fraction of sp³-hybridized carbons (Fsp3) is 0.200. The molecule has 2 rings (SSSR count). The first-order valence-electron chi connectivity index (χ1n) is 6.03. The van der Waals surface area contributed by atoms with Gasteiger partial charge in [-0.1, -0.05) is 18.2 Å². The minimum atomic E-state index is -0.371. The van der Waals surface area contributed by atoms with E-state index in [0.29, 0.717) is 18.0 Å². The largest absolute Gasteiger partial charge is 0.488 e. The monoisotopic (exact) mass is 261 g/mol. The van der Waals surface area contributed by atoms with Gasteiger partial charge in [0.1, 0.15) is 19.0 Å². The lowest BCUT2D eigenvalue weighted by Gasteiger charge is -2.10. The van der Waals surface area contributed by atoms with Gasteiger partial charge < -0.3 is 15.2 Å². The third kappa shape index (κ3) is 3.61. The van der Waals surface area contributed by atoms with Gasteiger partial charge in [-0.25, -0.2) is 4.39 Å². The number of ether oxygens (including phenoxy) is 2. The van der Waals surface area contributed by atoms with Gasteiger partial charge in [0.25, 0.3) is 0 Å². The van der Waals surface area contributed by atoms with Crippen molar-refractivity contribution in [2.24, 2.45) is 0 Å². The van der Waals surface area contributed by atoms with Crippen LogP contribution < -0.4 is 15.2 Å². The lowest BCUT2D eigenvalue weighted by atomic mass is 10.2. The number of para-hydroxylation sites is 2. The van der Waals surface area contributed by atoms with Crippen molar-refractivity contribution in [3.05, 3.63) is 53.8 Å². The first-order chi connectivity index (χ1) is 9.16. The molecule has 19 heavy (non-hydrogen) atoms. The summed E-state index contributed by atoms with van der Waals surface area (Å²) >= 11 is 0. The fourth-order valence-corrected chi connectivity index (χ4v) is 1.64. The van der Waals surface area contributed by atoms with Crippen molar-refractivity contribution >= 4 is 5.69 Å². The average molecular weight is 261 g/mol. The zero-order chi connectivity index (χ0) is 13.7. The van der Waals surface area contributed by atoms with Gasteiger partial charge in [-0.2, -0.15) is 0 Å². The highest BCUT2D eigenvalue weighted by Gasteiger charge is 2.03. The molecule has 0 spiro atoms. The second-order valence-corrected chi connectivity index (χ2v) is 4.17. The maximum absolute atomic E-state index is 13.4. The van der Waals surface area contributed by atoms with E-state index in [1.807, 2.05) is 19.1 Å². The number of anilines is 1. The Morgan fingerprint density at radius 2 is 1.68 bits per heavy atom. The third-order valence-electron chi connectivity index (χ3n) is 2.60. The van der Waals surface area contributed by atoms with Crippen LogP contribution in [-0.4, -0.2) is 13.2 Å². The summed E-state index contributed by atoms with van der Waals surface area (Å²) in [6, 6.07) is 12.0. The standard InChI is InChI=1S/C15H16FNO2/c1-11-6-7-12(16)15(10-11)19-9-8-18-14-5-3-2-4-13(14)17/h2-7,10H,8-9,17H2,1H3. The van der Waals surface area contributed by atoms with Gasteiger partial charge in [0.05, 0.1) is 5.69 Å². The highest BCUT2D eigenvalue weighted by Crippen LogP contribution is 2.20. The van der Waals surface area contributed by atoms with E-state index < -0.39 is 0 Å². The Hall–Kier alpha value is -2.23. The molecule has 0 aliphatic heterocycles. The molecule has 0 aromatic heterocycles. The van der Waals surface area contributed by atoms with Crippen LogP contribution in [0.3, 0.4) is 0 Å². The maximum atomic E-state index is 13.4. The van der Waals surface area contributed by atoms with Gasteiger partial charge in [0.15, 0.2) is 11.6 Å². The molecule has 0 radical (unpaired) electrons. The Labute approximate surface area is 111 Å². The van der Waals surface area contributed by atoms with Gasteiger partial charge >= 0.3 is 0 Å². The van der Waals surface area contributed by atoms with E-state index in [-0.39, 0.29) is 18.2 Å². The quantitative estimate of drug-likeness (QED) is 0.664. The molecule has 0 unspecified atom stereocenters. The number of benzene rings is 2. The van der Waals surface area contributed by atoms with E-state index in [2.05, 4.69) is 0 Å². The Morgan fingerprint density at radius 3 is 2.42 bits per heavy atom. The van der Waals surface area contributed by atoms with E-state index in [1.165, 1.54) is 6.07 Å². The van der Waals surface area contributed by atoms with Crippen LogP contribution in [0, 0.1) is 12.7 Å². The van der Waals surface area contributed by atoms with Crippen LogP contribution in [0.2, 0.25) is 0 Å². The number of rotatable bonds is 5. The smallest absolute Gasteiger partial charge is 0.165 e. The number of nitrogen functional groups attached to an aromatic ring is 1. The topological polar surface area (TPSA) is 44.5 Å². The van der Waals surface area contributed by atoms with Crippen LogP contribution in [0.15, 0.2) is 42.5 Å². The molecule has 0 atom stereocenters. The van der Waals surface area contributed by atoms with E-state index in [0.717, 1.165) is 5.56 Å². The lowest BCUT2D eigenvalue weighted by Crippen LogP contribution is -2.10. The van der Waals surface area contributed by atoms with Crippen molar-refractivity contribution in [2.75, 3.05) is 18.9 Å². The van der Waals surface area contributed by atoms with Gasteiger partial charge in [-0.3, -0.25) is 0 Å². The van der Waals surface area contributed by atoms with Crippen LogP contribution in [0.4, 0.5) is 10.1 Å². The molecule has 0 amide bonds. The Morgan fingerprint density at radius 1 is 1.00 bits per heavy atom. The molecule has 0 saturated heterocycles. The predicted molar refractivity (Wildman–Crippen MR) is 73.0 cm³/mol. The Bertz CT molecular complexity index is 558. The molecular formula is C15H16FNO2. The summed E-state index contributed by atoms with van der Waals surface area (Å²) in [6.07, 6.45) is 0. The zero-order valence-electron chi connectivity index (χ0n) is 10.7. The van der Waals surface area contributed by atoms with Crippen LogP contribution in [0.1, 0.15) is 5.56 Å². The van der Waals surface area contributed by atoms with Crippen LogP contribution in [0.25, 0.3) is 0 Å². The molecule has 2 aromatic carbocycles. The average Bonchev–Trinajstić information content (AvgIpc) is 2.40. The van der Waals surface area contributed by atoms with Crippen molar-refractivity contribution in [3.63, 3.8) is 0 Å². The summed E-state index contributed by atoms with van der Waals surface area (Å²) in [5, 5.41) is 0. The number of hydrogen-bond acceptors (Lipinski definition) is 3. The molecule has 2 N–H and O–H groups in total. The first-order valence-corrected chi connectivity index (χ1v) is 6.03. The first kappa shape index (κ1) is 13.2. The van der Waals surface area contributed by atoms with Crippen molar-refractivity contribution in [2.45, 2.75) is 6.92 Å². The zero-order valence-corrected chi connectivity index (χ0v) is 10.7. The minimum Gasteiger partial charge on any atom is -0.488 e. The van der Waals surface area contributed by atoms with Crippen molar-refractivity contribution < 1.29 is 13.9 Å². The van der Waals surface area contributed by atoms with Crippen LogP contribution in [0.5, 0.6) is 11.5 Å². The molecule has 0 bridgehead atoms. The van der Waals surface area contributed by atoms with Crippen molar-refractivity contribution in [3.8, 4) is 11.5 Å². The van der Waals surface area contributed by atoms with E-state index in [9.17, 15) is 4.39 Å². The summed E-state index contributed by atoms with van der Waals surface area (Å²) in [5.41, 5.74) is 7.25.